The molecule has 0 aliphatic heterocycles. The number of benzene rings is 1. The quantitative estimate of drug-likeness (QED) is 0.829. The van der Waals surface area contributed by atoms with Gasteiger partial charge in [0.1, 0.15) is 23.7 Å². The monoisotopic (exact) mass is 242 g/mol. The second-order valence-electron chi connectivity index (χ2n) is 4.08. The molecule has 1 aromatic carbocycles. The van der Waals surface area contributed by atoms with E-state index in [1.54, 1.807) is 13.8 Å². The van der Waals surface area contributed by atoms with Gasteiger partial charge in [-0.1, -0.05) is 6.92 Å². The zero-order chi connectivity index (χ0) is 13.1. The van der Waals surface area contributed by atoms with E-state index in [2.05, 4.69) is 0 Å². The normalized spacial score (nSPS) is 14.1. The van der Waals surface area contributed by atoms with Gasteiger partial charge < -0.3 is 14.9 Å². The molecular formula is C12H15FO4. The highest BCUT2D eigenvalue weighted by molar-refractivity contribution is 5.90. The first-order chi connectivity index (χ1) is 7.85. The predicted molar refractivity (Wildman–Crippen MR) is 59.8 cm³/mol. The Balaban J connectivity index is 2.88. The van der Waals surface area contributed by atoms with Crippen molar-refractivity contribution in [3.8, 4) is 5.75 Å². The van der Waals surface area contributed by atoms with Gasteiger partial charge in [-0.15, -0.1) is 0 Å². The number of hydrogen-bond donors (Lipinski definition) is 2. The Kier molecular flexibility index (Phi) is 4.07. The third kappa shape index (κ3) is 3.71. The summed E-state index contributed by atoms with van der Waals surface area (Å²) in [6.45, 7) is 3.32. The van der Waals surface area contributed by atoms with Crippen molar-refractivity contribution in [3.05, 3.63) is 29.6 Å². The molecule has 0 aliphatic carbocycles. The number of hydrogen-bond acceptors (Lipinski definition) is 3. The number of carbonyl (C=O) groups is 1. The lowest BCUT2D eigenvalue weighted by Gasteiger charge is -2.22. The zero-order valence-electron chi connectivity index (χ0n) is 9.74. The van der Waals surface area contributed by atoms with Gasteiger partial charge in [-0.25, -0.2) is 9.18 Å². The molecule has 4 nitrogen and oxygen atoms in total. The van der Waals surface area contributed by atoms with E-state index in [4.69, 9.17) is 9.84 Å². The number of ether oxygens (including phenoxy) is 1. The van der Waals surface area contributed by atoms with Gasteiger partial charge in [-0.05, 0) is 31.5 Å². The lowest BCUT2D eigenvalue weighted by Crippen LogP contribution is -2.31. The van der Waals surface area contributed by atoms with Crippen molar-refractivity contribution in [1.82, 2.24) is 0 Å². The highest BCUT2D eigenvalue weighted by Gasteiger charge is 2.20. The smallest absolute Gasteiger partial charge is 0.339 e. The van der Waals surface area contributed by atoms with E-state index in [0.29, 0.717) is 6.42 Å². The second-order valence-corrected chi connectivity index (χ2v) is 4.08. The Morgan fingerprint density at radius 2 is 2.18 bits per heavy atom. The van der Waals surface area contributed by atoms with Gasteiger partial charge in [-0.3, -0.25) is 0 Å². The molecule has 1 aromatic rings. The highest BCUT2D eigenvalue weighted by atomic mass is 19.1. The molecule has 94 valence electrons. The van der Waals surface area contributed by atoms with Gasteiger partial charge >= 0.3 is 5.97 Å². The molecule has 1 unspecified atom stereocenters. The average molecular weight is 242 g/mol. The minimum atomic E-state index is -1.27. The van der Waals surface area contributed by atoms with E-state index >= 15 is 0 Å². The van der Waals surface area contributed by atoms with Crippen LogP contribution in [0.4, 0.5) is 4.39 Å². The standard InChI is InChI=1S/C12H15FO4/c1-3-12(2,16)7-17-10-5-4-8(13)6-9(10)11(14)15/h4-6,16H,3,7H2,1-2H3,(H,14,15). The molecule has 1 rings (SSSR count). The maximum atomic E-state index is 12.9. The topological polar surface area (TPSA) is 66.8 Å². The Bertz CT molecular complexity index is 415. The molecule has 0 bridgehead atoms. The van der Waals surface area contributed by atoms with Crippen molar-refractivity contribution in [2.75, 3.05) is 6.61 Å². The molecule has 1 atom stereocenters. The molecule has 0 heterocycles. The van der Waals surface area contributed by atoms with Crippen LogP contribution in [0.2, 0.25) is 0 Å². The average Bonchev–Trinajstić information content (AvgIpc) is 2.27. The first-order valence-corrected chi connectivity index (χ1v) is 5.24. The number of rotatable bonds is 5. The van der Waals surface area contributed by atoms with Crippen molar-refractivity contribution in [1.29, 1.82) is 0 Å². The Morgan fingerprint density at radius 1 is 1.53 bits per heavy atom. The van der Waals surface area contributed by atoms with Crippen LogP contribution >= 0.6 is 0 Å². The van der Waals surface area contributed by atoms with E-state index in [0.717, 1.165) is 12.1 Å². The molecule has 0 fully saturated rings. The van der Waals surface area contributed by atoms with Gasteiger partial charge in [0.15, 0.2) is 0 Å². The van der Waals surface area contributed by atoms with Gasteiger partial charge in [0.2, 0.25) is 0 Å². The van der Waals surface area contributed by atoms with Gasteiger partial charge in [-0.2, -0.15) is 0 Å². The number of halogens is 1. The van der Waals surface area contributed by atoms with Crippen LogP contribution in [-0.2, 0) is 0 Å². The Labute approximate surface area is 98.7 Å². The van der Waals surface area contributed by atoms with E-state index < -0.39 is 17.4 Å². The van der Waals surface area contributed by atoms with Crippen LogP contribution in [0.15, 0.2) is 18.2 Å². The van der Waals surface area contributed by atoms with Crippen molar-refractivity contribution in [2.45, 2.75) is 25.9 Å². The van der Waals surface area contributed by atoms with E-state index in [1.165, 1.54) is 6.07 Å². The first-order valence-electron chi connectivity index (χ1n) is 5.24. The molecule has 0 aromatic heterocycles. The van der Waals surface area contributed by atoms with Crippen LogP contribution < -0.4 is 4.74 Å². The number of carboxylic acids is 1. The molecule has 0 spiro atoms. The molecule has 0 saturated carbocycles. The molecular weight excluding hydrogens is 227 g/mol. The maximum Gasteiger partial charge on any atom is 0.339 e. The summed E-state index contributed by atoms with van der Waals surface area (Å²) in [6.07, 6.45) is 0.469. The summed E-state index contributed by atoms with van der Waals surface area (Å²) in [5.41, 5.74) is -1.29. The minimum Gasteiger partial charge on any atom is -0.490 e. The van der Waals surface area contributed by atoms with Crippen LogP contribution in [0.25, 0.3) is 0 Å². The van der Waals surface area contributed by atoms with Crippen molar-refractivity contribution in [2.24, 2.45) is 0 Å². The molecule has 0 aliphatic rings. The molecule has 0 amide bonds. The Morgan fingerprint density at radius 3 is 2.71 bits per heavy atom. The highest BCUT2D eigenvalue weighted by Crippen LogP contribution is 2.21. The molecule has 0 saturated heterocycles. The zero-order valence-corrected chi connectivity index (χ0v) is 9.74. The van der Waals surface area contributed by atoms with E-state index in [-0.39, 0.29) is 17.9 Å². The lowest BCUT2D eigenvalue weighted by molar-refractivity contribution is 0.00787. The lowest BCUT2D eigenvalue weighted by atomic mass is 10.1. The third-order valence-electron chi connectivity index (χ3n) is 2.47. The van der Waals surface area contributed by atoms with Gasteiger partial charge in [0.25, 0.3) is 0 Å². The number of aliphatic hydroxyl groups is 1. The summed E-state index contributed by atoms with van der Waals surface area (Å²) >= 11 is 0. The number of carboxylic acid groups (broad SMARTS) is 1. The van der Waals surface area contributed by atoms with E-state index in [1.807, 2.05) is 0 Å². The second kappa shape index (κ2) is 5.14. The van der Waals surface area contributed by atoms with Gasteiger partial charge in [0, 0.05) is 0 Å². The summed E-state index contributed by atoms with van der Waals surface area (Å²) in [4.78, 5) is 10.9. The molecule has 2 N–H and O–H groups in total. The van der Waals surface area contributed by atoms with Gasteiger partial charge in [0.05, 0.1) is 5.60 Å². The summed E-state index contributed by atoms with van der Waals surface area (Å²) in [5.74, 6) is -1.86. The van der Waals surface area contributed by atoms with Crippen molar-refractivity contribution in [3.63, 3.8) is 0 Å². The van der Waals surface area contributed by atoms with E-state index in [9.17, 15) is 14.3 Å². The fraction of sp³-hybridized carbons (Fsp3) is 0.417. The SMILES string of the molecule is CCC(C)(O)COc1ccc(F)cc1C(=O)O. The summed E-state index contributed by atoms with van der Waals surface area (Å²) in [5, 5.41) is 18.6. The fourth-order valence-corrected chi connectivity index (χ4v) is 1.13. The maximum absolute atomic E-state index is 12.9. The minimum absolute atomic E-state index is 0.0462. The summed E-state index contributed by atoms with van der Waals surface area (Å²) in [6, 6.07) is 3.24. The van der Waals surface area contributed by atoms with Crippen molar-refractivity contribution >= 4 is 5.97 Å². The molecule has 0 radical (unpaired) electrons. The molecule has 17 heavy (non-hydrogen) atoms. The fourth-order valence-electron chi connectivity index (χ4n) is 1.13. The predicted octanol–water partition coefficient (Wildman–Crippen LogP) is 2.06. The van der Waals surface area contributed by atoms with Crippen molar-refractivity contribution < 1.29 is 24.1 Å². The van der Waals surface area contributed by atoms with Crippen LogP contribution in [0.5, 0.6) is 5.75 Å². The van der Waals surface area contributed by atoms with Crippen LogP contribution in [-0.4, -0.2) is 28.4 Å². The summed E-state index contributed by atoms with van der Waals surface area (Å²) in [7, 11) is 0. The van der Waals surface area contributed by atoms with Crippen LogP contribution in [0.3, 0.4) is 0 Å². The largest absolute Gasteiger partial charge is 0.490 e. The third-order valence-corrected chi connectivity index (χ3v) is 2.47. The first kappa shape index (κ1) is 13.4. The molecule has 5 heteroatoms. The Hall–Kier alpha value is -1.62. The van der Waals surface area contributed by atoms with Crippen LogP contribution in [0.1, 0.15) is 30.6 Å². The number of aromatic carboxylic acids is 1. The van der Waals surface area contributed by atoms with Crippen LogP contribution in [0, 0.1) is 5.82 Å². The summed E-state index contributed by atoms with van der Waals surface area (Å²) < 4.78 is 18.1.